The number of nitrogens with one attached hydrogen (secondary N) is 1. The second-order valence-electron chi connectivity index (χ2n) is 7.85. The molecule has 5 nitrogen and oxygen atoms in total. The minimum Gasteiger partial charge on any atom is -0.497 e. The van der Waals surface area contributed by atoms with Crippen molar-refractivity contribution in [3.05, 3.63) is 119 Å². The first-order valence-corrected chi connectivity index (χ1v) is 10.7. The van der Waals surface area contributed by atoms with Gasteiger partial charge in [-0.2, -0.15) is 0 Å². The number of carbonyl (C=O) groups is 1. The maximum atomic E-state index is 13.7. The third kappa shape index (κ3) is 6.30. The third-order valence-electron chi connectivity index (χ3n) is 5.20. The van der Waals surface area contributed by atoms with Crippen molar-refractivity contribution in [3.63, 3.8) is 0 Å². The molecule has 4 aromatic rings. The first-order chi connectivity index (χ1) is 16.5. The fourth-order valence-electron chi connectivity index (χ4n) is 3.62. The number of benzene rings is 3. The summed E-state index contributed by atoms with van der Waals surface area (Å²) >= 11 is 0. The molecule has 7 heteroatoms. The lowest BCUT2D eigenvalue weighted by atomic mass is 10.1. The van der Waals surface area contributed by atoms with Gasteiger partial charge in [-0.25, -0.2) is 8.78 Å². The van der Waals surface area contributed by atoms with Crippen molar-refractivity contribution in [2.45, 2.75) is 19.6 Å². The number of hydrogen-bond acceptors (Lipinski definition) is 4. The first kappa shape index (κ1) is 23.2. The lowest BCUT2D eigenvalue weighted by molar-refractivity contribution is 0.0992. The van der Waals surface area contributed by atoms with Crippen molar-refractivity contribution < 1.29 is 22.7 Å². The van der Waals surface area contributed by atoms with Gasteiger partial charge < -0.3 is 14.5 Å². The Morgan fingerprint density at radius 3 is 2.26 bits per heavy atom. The highest BCUT2D eigenvalue weighted by Gasteiger charge is 2.15. The van der Waals surface area contributed by atoms with Gasteiger partial charge in [0.2, 0.25) is 0 Å². The van der Waals surface area contributed by atoms with Gasteiger partial charge in [0.25, 0.3) is 5.91 Å². The molecule has 3 aromatic carbocycles. The van der Waals surface area contributed by atoms with Gasteiger partial charge in [0.05, 0.1) is 13.7 Å². The zero-order valence-electron chi connectivity index (χ0n) is 18.6. The number of rotatable bonds is 9. The van der Waals surface area contributed by atoms with E-state index in [9.17, 15) is 13.6 Å². The number of hydrogen-bond donors (Lipinski definition) is 1. The van der Waals surface area contributed by atoms with Gasteiger partial charge in [-0.3, -0.25) is 9.69 Å². The molecule has 0 bridgehead atoms. The van der Waals surface area contributed by atoms with E-state index in [1.807, 2.05) is 30.3 Å². The molecule has 1 amide bonds. The smallest absolute Gasteiger partial charge is 0.291 e. The van der Waals surface area contributed by atoms with Crippen molar-refractivity contribution in [3.8, 4) is 5.75 Å². The highest BCUT2D eigenvalue weighted by atomic mass is 19.1. The molecule has 0 saturated heterocycles. The molecule has 0 radical (unpaired) electrons. The van der Waals surface area contributed by atoms with Crippen LogP contribution in [0.5, 0.6) is 5.75 Å². The molecule has 0 unspecified atom stereocenters. The predicted octanol–water partition coefficient (Wildman–Crippen LogP) is 6.02. The number of methoxy groups -OCH3 is 1. The van der Waals surface area contributed by atoms with E-state index in [2.05, 4.69) is 10.2 Å². The van der Waals surface area contributed by atoms with E-state index in [1.54, 1.807) is 25.3 Å². The number of amides is 1. The highest BCUT2D eigenvalue weighted by molar-refractivity contribution is 6.02. The van der Waals surface area contributed by atoms with Gasteiger partial charge in [-0.05, 0) is 71.8 Å². The van der Waals surface area contributed by atoms with Crippen LogP contribution in [0.15, 0.2) is 89.3 Å². The Bertz CT molecular complexity index is 1250. The summed E-state index contributed by atoms with van der Waals surface area (Å²) in [5, 5.41) is 2.68. The van der Waals surface area contributed by atoms with Gasteiger partial charge in [0.1, 0.15) is 23.1 Å². The number of carbonyl (C=O) groups excluding carboxylic acids is 1. The van der Waals surface area contributed by atoms with E-state index < -0.39 is 5.91 Å². The quantitative estimate of drug-likeness (QED) is 0.330. The second-order valence-corrected chi connectivity index (χ2v) is 7.85. The van der Waals surface area contributed by atoms with Crippen molar-refractivity contribution in [2.24, 2.45) is 0 Å². The number of furan rings is 1. The van der Waals surface area contributed by atoms with E-state index in [4.69, 9.17) is 9.15 Å². The van der Waals surface area contributed by atoms with Gasteiger partial charge in [0, 0.05) is 18.8 Å². The average molecular weight is 462 g/mol. The summed E-state index contributed by atoms with van der Waals surface area (Å²) in [7, 11) is 1.62. The fraction of sp³-hybridized carbons (Fsp3) is 0.148. The van der Waals surface area contributed by atoms with E-state index in [0.29, 0.717) is 31.1 Å². The first-order valence-electron chi connectivity index (χ1n) is 10.7. The molecule has 1 heterocycles. The number of ether oxygens (including phenoxy) is 1. The van der Waals surface area contributed by atoms with Crippen LogP contribution in [0, 0.1) is 11.6 Å². The molecule has 0 fully saturated rings. The molecule has 34 heavy (non-hydrogen) atoms. The predicted molar refractivity (Wildman–Crippen MR) is 125 cm³/mol. The topological polar surface area (TPSA) is 54.7 Å². The van der Waals surface area contributed by atoms with E-state index in [1.165, 1.54) is 36.4 Å². The Hall–Kier alpha value is -3.97. The van der Waals surface area contributed by atoms with Crippen molar-refractivity contribution >= 4 is 11.6 Å². The lowest BCUT2D eigenvalue weighted by Crippen LogP contribution is -2.22. The van der Waals surface area contributed by atoms with Crippen molar-refractivity contribution in [1.82, 2.24) is 4.90 Å². The van der Waals surface area contributed by atoms with Gasteiger partial charge in [-0.1, -0.05) is 24.3 Å². The standard InChI is InChI=1S/C27H24F2N2O3/c1-33-24-7-3-5-20(15-24)17-31(16-19-4-2-6-22(29)14-19)18-25-12-13-26(34-25)27(32)30-23-10-8-21(28)9-11-23/h2-15H,16-18H2,1H3,(H,30,32). The molecule has 174 valence electrons. The number of anilines is 1. The molecule has 0 aliphatic rings. The van der Waals surface area contributed by atoms with Crippen molar-refractivity contribution in [2.75, 3.05) is 12.4 Å². The summed E-state index contributed by atoms with van der Waals surface area (Å²) in [6, 6.07) is 23.0. The zero-order valence-corrected chi connectivity index (χ0v) is 18.6. The lowest BCUT2D eigenvalue weighted by Gasteiger charge is -2.22. The van der Waals surface area contributed by atoms with Crippen LogP contribution in [0.1, 0.15) is 27.4 Å². The Kier molecular flexibility index (Phi) is 7.34. The largest absolute Gasteiger partial charge is 0.497 e. The summed E-state index contributed by atoms with van der Waals surface area (Å²) in [5.41, 5.74) is 2.32. The van der Waals surface area contributed by atoms with Crippen LogP contribution in [-0.2, 0) is 19.6 Å². The Balaban J connectivity index is 1.49. The molecule has 0 aliphatic carbocycles. The van der Waals surface area contributed by atoms with Gasteiger partial charge in [0.15, 0.2) is 5.76 Å². The molecule has 0 atom stereocenters. The summed E-state index contributed by atoms with van der Waals surface area (Å²) in [6.07, 6.45) is 0. The molecular weight excluding hydrogens is 438 g/mol. The van der Waals surface area contributed by atoms with Crippen LogP contribution in [0.3, 0.4) is 0 Å². The highest BCUT2D eigenvalue weighted by Crippen LogP contribution is 2.20. The zero-order chi connectivity index (χ0) is 23.9. The maximum absolute atomic E-state index is 13.7. The Labute approximate surface area is 196 Å². The van der Waals surface area contributed by atoms with Crippen LogP contribution in [-0.4, -0.2) is 17.9 Å². The molecule has 0 aliphatic heterocycles. The van der Waals surface area contributed by atoms with Crippen LogP contribution < -0.4 is 10.1 Å². The van der Waals surface area contributed by atoms with Crippen molar-refractivity contribution in [1.29, 1.82) is 0 Å². The number of nitrogens with zero attached hydrogens (tertiary/aromatic N) is 1. The second kappa shape index (κ2) is 10.8. The average Bonchev–Trinajstić information content (AvgIpc) is 3.29. The van der Waals surface area contributed by atoms with Crippen LogP contribution in [0.25, 0.3) is 0 Å². The minimum atomic E-state index is -0.428. The van der Waals surface area contributed by atoms with Gasteiger partial charge in [-0.15, -0.1) is 0 Å². The number of halogens is 2. The van der Waals surface area contributed by atoms with Gasteiger partial charge >= 0.3 is 0 Å². The minimum absolute atomic E-state index is 0.145. The monoisotopic (exact) mass is 462 g/mol. The molecular formula is C27H24F2N2O3. The van der Waals surface area contributed by atoms with E-state index in [-0.39, 0.29) is 17.4 Å². The molecule has 1 N–H and O–H groups in total. The fourth-order valence-corrected chi connectivity index (χ4v) is 3.62. The van der Waals surface area contributed by atoms with Crippen LogP contribution in [0.4, 0.5) is 14.5 Å². The summed E-state index contributed by atoms with van der Waals surface area (Å²) in [4.78, 5) is 14.6. The maximum Gasteiger partial charge on any atom is 0.291 e. The molecule has 0 saturated carbocycles. The summed E-state index contributed by atoms with van der Waals surface area (Å²) < 4.78 is 37.9. The summed E-state index contributed by atoms with van der Waals surface area (Å²) in [5.74, 6) is 0.377. The normalized spacial score (nSPS) is 10.9. The van der Waals surface area contributed by atoms with Crippen LogP contribution in [0.2, 0.25) is 0 Å². The van der Waals surface area contributed by atoms with Crippen LogP contribution >= 0.6 is 0 Å². The molecule has 4 rings (SSSR count). The molecule has 0 spiro atoms. The molecule has 1 aromatic heterocycles. The Morgan fingerprint density at radius 2 is 1.56 bits per heavy atom. The third-order valence-corrected chi connectivity index (χ3v) is 5.20. The Morgan fingerprint density at radius 1 is 0.853 bits per heavy atom. The van der Waals surface area contributed by atoms with E-state index >= 15 is 0 Å². The summed E-state index contributed by atoms with van der Waals surface area (Å²) in [6.45, 7) is 1.44. The SMILES string of the molecule is COc1cccc(CN(Cc2cccc(F)c2)Cc2ccc(C(=O)Nc3ccc(F)cc3)o2)c1. The van der Waals surface area contributed by atoms with E-state index in [0.717, 1.165) is 16.9 Å².